The second kappa shape index (κ2) is 8.31. The Bertz CT molecular complexity index is 626. The summed E-state index contributed by atoms with van der Waals surface area (Å²) in [5.74, 6) is -0.580. The van der Waals surface area contributed by atoms with E-state index in [9.17, 15) is 20.0 Å². The van der Waals surface area contributed by atoms with Crippen molar-refractivity contribution in [3.8, 4) is 0 Å². The largest absolute Gasteiger partial charge is 0.387 e. The third-order valence-corrected chi connectivity index (χ3v) is 3.27. The molecule has 1 aromatic carbocycles. The topological polar surface area (TPSA) is 92.5 Å². The SMILES string of the molecule is C/C=C\C(=C/C)C(O)CNC(=O)c1cc([N+](=O)[O-])ccc1Cl. The number of carbonyl (C=O) groups excluding carboxylic acids is 1. The summed E-state index contributed by atoms with van der Waals surface area (Å²) in [6.45, 7) is 3.57. The normalized spacial score (nSPS) is 13.2. The summed E-state index contributed by atoms with van der Waals surface area (Å²) >= 11 is 5.88. The minimum Gasteiger partial charge on any atom is -0.387 e. The van der Waals surface area contributed by atoms with Crippen molar-refractivity contribution in [2.75, 3.05) is 6.54 Å². The molecule has 1 unspecified atom stereocenters. The van der Waals surface area contributed by atoms with E-state index in [0.717, 1.165) is 6.07 Å². The Balaban J connectivity index is 2.82. The fraction of sp³-hybridized carbons (Fsp3) is 0.267. The summed E-state index contributed by atoms with van der Waals surface area (Å²) in [7, 11) is 0. The molecule has 0 bridgehead atoms. The molecule has 118 valence electrons. The number of aliphatic hydroxyl groups is 1. The molecule has 0 heterocycles. The van der Waals surface area contributed by atoms with Crippen molar-refractivity contribution in [1.82, 2.24) is 5.32 Å². The Morgan fingerprint density at radius 1 is 1.50 bits per heavy atom. The number of allylic oxidation sites excluding steroid dienone is 2. The Hall–Kier alpha value is -2.18. The molecule has 0 saturated heterocycles. The summed E-state index contributed by atoms with van der Waals surface area (Å²) < 4.78 is 0. The summed E-state index contributed by atoms with van der Waals surface area (Å²) in [6, 6.07) is 3.62. The van der Waals surface area contributed by atoms with Crippen molar-refractivity contribution in [1.29, 1.82) is 0 Å². The molecule has 0 aliphatic carbocycles. The van der Waals surface area contributed by atoms with Crippen LogP contribution < -0.4 is 5.32 Å². The minimum atomic E-state index is -0.873. The first-order chi connectivity index (χ1) is 10.4. The summed E-state index contributed by atoms with van der Waals surface area (Å²) in [4.78, 5) is 22.2. The summed E-state index contributed by atoms with van der Waals surface area (Å²) in [5.41, 5.74) is 0.433. The van der Waals surface area contributed by atoms with Crippen LogP contribution in [0.3, 0.4) is 0 Å². The van der Waals surface area contributed by atoms with Crippen LogP contribution in [0.15, 0.2) is 42.0 Å². The highest BCUT2D eigenvalue weighted by molar-refractivity contribution is 6.33. The first-order valence-corrected chi connectivity index (χ1v) is 6.97. The third kappa shape index (κ3) is 4.68. The van der Waals surface area contributed by atoms with Crippen LogP contribution in [0, 0.1) is 10.1 Å². The molecule has 6 nitrogen and oxygen atoms in total. The maximum atomic E-state index is 12.0. The molecular weight excluding hydrogens is 308 g/mol. The van der Waals surface area contributed by atoms with Crippen LogP contribution in [0.1, 0.15) is 24.2 Å². The number of hydrogen-bond donors (Lipinski definition) is 2. The number of carbonyl (C=O) groups is 1. The molecule has 0 saturated carbocycles. The molecule has 22 heavy (non-hydrogen) atoms. The fourth-order valence-corrected chi connectivity index (χ4v) is 2.00. The van der Waals surface area contributed by atoms with Gasteiger partial charge in [-0.15, -0.1) is 0 Å². The second-order valence-corrected chi connectivity index (χ2v) is 4.84. The highest BCUT2D eigenvalue weighted by Gasteiger charge is 2.17. The maximum absolute atomic E-state index is 12.0. The standard InChI is InChI=1S/C15H17ClN2O4/c1-3-5-10(4-2)14(19)9-17-15(20)12-8-11(18(21)22)6-7-13(12)16/h3-8,14,19H,9H2,1-2H3,(H,17,20)/b5-3-,10-4+. The number of nitro benzene ring substituents is 1. The van der Waals surface area contributed by atoms with E-state index in [-0.39, 0.29) is 22.8 Å². The lowest BCUT2D eigenvalue weighted by Gasteiger charge is -2.13. The van der Waals surface area contributed by atoms with E-state index in [2.05, 4.69) is 5.32 Å². The number of benzene rings is 1. The van der Waals surface area contributed by atoms with Gasteiger partial charge in [-0.1, -0.05) is 29.8 Å². The monoisotopic (exact) mass is 324 g/mol. The van der Waals surface area contributed by atoms with Gasteiger partial charge in [-0.25, -0.2) is 0 Å². The number of amides is 1. The van der Waals surface area contributed by atoms with Gasteiger partial charge in [0.05, 0.1) is 21.6 Å². The van der Waals surface area contributed by atoms with E-state index in [1.165, 1.54) is 12.1 Å². The lowest BCUT2D eigenvalue weighted by Crippen LogP contribution is -2.33. The average molecular weight is 325 g/mol. The quantitative estimate of drug-likeness (QED) is 0.478. The molecule has 7 heteroatoms. The van der Waals surface area contributed by atoms with Crippen molar-refractivity contribution in [2.24, 2.45) is 0 Å². The van der Waals surface area contributed by atoms with Crippen molar-refractivity contribution < 1.29 is 14.8 Å². The molecule has 0 spiro atoms. The van der Waals surface area contributed by atoms with Gasteiger partial charge in [-0.2, -0.15) is 0 Å². The van der Waals surface area contributed by atoms with Gasteiger partial charge >= 0.3 is 0 Å². The van der Waals surface area contributed by atoms with Gasteiger partial charge in [0.1, 0.15) is 0 Å². The number of halogens is 1. The van der Waals surface area contributed by atoms with Gasteiger partial charge in [-0.3, -0.25) is 14.9 Å². The predicted octanol–water partition coefficient (Wildman–Crippen LogP) is 2.86. The van der Waals surface area contributed by atoms with Crippen LogP contribution in [0.4, 0.5) is 5.69 Å². The molecule has 0 fully saturated rings. The zero-order chi connectivity index (χ0) is 16.7. The number of rotatable bonds is 6. The smallest absolute Gasteiger partial charge is 0.270 e. The van der Waals surface area contributed by atoms with Crippen molar-refractivity contribution >= 4 is 23.2 Å². The molecule has 1 amide bonds. The predicted molar refractivity (Wildman–Crippen MR) is 85.0 cm³/mol. The number of aliphatic hydroxyl groups excluding tert-OH is 1. The highest BCUT2D eigenvalue weighted by Crippen LogP contribution is 2.22. The van der Waals surface area contributed by atoms with Crippen LogP contribution in [0.25, 0.3) is 0 Å². The van der Waals surface area contributed by atoms with Crippen LogP contribution >= 0.6 is 11.6 Å². The maximum Gasteiger partial charge on any atom is 0.270 e. The van der Waals surface area contributed by atoms with Crippen LogP contribution in [0.5, 0.6) is 0 Å². The van der Waals surface area contributed by atoms with Gasteiger partial charge in [-0.05, 0) is 25.5 Å². The van der Waals surface area contributed by atoms with E-state index in [4.69, 9.17) is 11.6 Å². The molecule has 1 aromatic rings. The Morgan fingerprint density at radius 3 is 2.73 bits per heavy atom. The van der Waals surface area contributed by atoms with Crippen molar-refractivity contribution in [3.63, 3.8) is 0 Å². The molecule has 0 aliphatic rings. The Morgan fingerprint density at radius 2 is 2.18 bits per heavy atom. The lowest BCUT2D eigenvalue weighted by atomic mass is 10.1. The summed E-state index contributed by atoms with van der Waals surface area (Å²) in [6.07, 6.45) is 4.37. The average Bonchev–Trinajstić information content (AvgIpc) is 2.50. The molecule has 0 radical (unpaired) electrons. The van der Waals surface area contributed by atoms with Gasteiger partial charge in [0.2, 0.25) is 0 Å². The van der Waals surface area contributed by atoms with E-state index < -0.39 is 16.9 Å². The Labute approximate surface area is 133 Å². The third-order valence-electron chi connectivity index (χ3n) is 2.94. The van der Waals surface area contributed by atoms with Gasteiger partial charge < -0.3 is 10.4 Å². The molecule has 0 aliphatic heterocycles. The molecule has 1 atom stereocenters. The highest BCUT2D eigenvalue weighted by atomic mass is 35.5. The first kappa shape index (κ1) is 17.9. The minimum absolute atomic E-state index is 0.00358. The summed E-state index contributed by atoms with van der Waals surface area (Å²) in [5, 5.41) is 23.3. The molecule has 2 N–H and O–H groups in total. The first-order valence-electron chi connectivity index (χ1n) is 6.59. The number of nitrogens with zero attached hydrogens (tertiary/aromatic N) is 1. The van der Waals surface area contributed by atoms with Gasteiger partial charge in [0.15, 0.2) is 0 Å². The zero-order valence-corrected chi connectivity index (χ0v) is 13.0. The van der Waals surface area contributed by atoms with E-state index in [0.29, 0.717) is 5.57 Å². The van der Waals surface area contributed by atoms with E-state index in [1.54, 1.807) is 25.2 Å². The second-order valence-electron chi connectivity index (χ2n) is 4.44. The fourth-order valence-electron chi connectivity index (χ4n) is 1.80. The number of non-ortho nitro benzene ring substituents is 1. The zero-order valence-electron chi connectivity index (χ0n) is 12.2. The number of nitrogens with one attached hydrogen (secondary N) is 1. The molecule has 1 rings (SSSR count). The van der Waals surface area contributed by atoms with Gasteiger partial charge in [0, 0.05) is 18.7 Å². The van der Waals surface area contributed by atoms with Crippen LogP contribution in [-0.2, 0) is 0 Å². The van der Waals surface area contributed by atoms with Crippen molar-refractivity contribution in [2.45, 2.75) is 20.0 Å². The van der Waals surface area contributed by atoms with Crippen LogP contribution in [0.2, 0.25) is 5.02 Å². The van der Waals surface area contributed by atoms with E-state index >= 15 is 0 Å². The van der Waals surface area contributed by atoms with Gasteiger partial charge in [0.25, 0.3) is 11.6 Å². The van der Waals surface area contributed by atoms with Crippen molar-refractivity contribution in [3.05, 3.63) is 62.7 Å². The molecule has 0 aromatic heterocycles. The van der Waals surface area contributed by atoms with Crippen LogP contribution in [-0.4, -0.2) is 28.6 Å². The number of hydrogen-bond acceptors (Lipinski definition) is 4. The Kier molecular flexibility index (Phi) is 6.75. The van der Waals surface area contributed by atoms with E-state index in [1.807, 2.05) is 6.92 Å². The lowest BCUT2D eigenvalue weighted by molar-refractivity contribution is -0.384. The molecular formula is C15H17ClN2O4. The number of nitro groups is 1.